The minimum absolute atomic E-state index is 0.819. The molecule has 0 saturated heterocycles. The third kappa shape index (κ3) is 6.47. The standard InChI is InChI=1S/C17H27BO3/c1-16(2,19)17(3,4)21-18(20)14-10-6-9-13-15-11-7-5-8-12-15/h5,7-8,10-12,14,19-20H,6,9,13H2,1-4H3/b14-10+. The SMILES string of the molecule is CC(C)(O)C(C)(C)OB(O)/C=C/CCCc1ccccc1. The average Bonchev–Trinajstić information content (AvgIpc) is 2.37. The average molecular weight is 290 g/mol. The van der Waals surface area contributed by atoms with E-state index in [-0.39, 0.29) is 0 Å². The van der Waals surface area contributed by atoms with E-state index in [1.807, 2.05) is 24.3 Å². The normalized spacial score (nSPS) is 12.9. The van der Waals surface area contributed by atoms with Gasteiger partial charge in [0.1, 0.15) is 0 Å². The molecule has 1 rings (SSSR count). The molecule has 1 aromatic carbocycles. The number of allylic oxidation sites excluding steroid dienone is 1. The summed E-state index contributed by atoms with van der Waals surface area (Å²) in [6.45, 7) is 6.87. The number of benzene rings is 1. The Hall–Kier alpha value is -1.10. The Balaban J connectivity index is 2.30. The Labute approximate surface area is 128 Å². The lowest BCUT2D eigenvalue weighted by atomic mass is 9.83. The van der Waals surface area contributed by atoms with Crippen LogP contribution in [0.5, 0.6) is 0 Å². The van der Waals surface area contributed by atoms with Gasteiger partial charge in [0.15, 0.2) is 0 Å². The van der Waals surface area contributed by atoms with Gasteiger partial charge in [-0.2, -0.15) is 0 Å². The molecule has 0 heterocycles. The van der Waals surface area contributed by atoms with Crippen molar-refractivity contribution in [1.82, 2.24) is 0 Å². The van der Waals surface area contributed by atoms with Crippen molar-refractivity contribution in [1.29, 1.82) is 0 Å². The van der Waals surface area contributed by atoms with Gasteiger partial charge >= 0.3 is 7.12 Å². The van der Waals surface area contributed by atoms with Gasteiger partial charge in [-0.05, 0) is 52.5 Å². The van der Waals surface area contributed by atoms with E-state index in [0.29, 0.717) is 0 Å². The molecule has 21 heavy (non-hydrogen) atoms. The lowest BCUT2D eigenvalue weighted by Gasteiger charge is -2.38. The van der Waals surface area contributed by atoms with Crippen LogP contribution in [0.15, 0.2) is 42.4 Å². The van der Waals surface area contributed by atoms with Crippen LogP contribution < -0.4 is 0 Å². The molecule has 2 N–H and O–H groups in total. The molecule has 0 atom stereocenters. The van der Waals surface area contributed by atoms with Gasteiger partial charge in [-0.3, -0.25) is 0 Å². The van der Waals surface area contributed by atoms with E-state index in [0.717, 1.165) is 19.3 Å². The monoisotopic (exact) mass is 290 g/mol. The minimum Gasteiger partial charge on any atom is -0.423 e. The molecule has 1 aromatic rings. The van der Waals surface area contributed by atoms with Crippen molar-refractivity contribution in [3.8, 4) is 0 Å². The van der Waals surface area contributed by atoms with E-state index in [4.69, 9.17) is 4.65 Å². The first-order valence-electron chi connectivity index (χ1n) is 7.51. The maximum absolute atomic E-state index is 9.97. The zero-order valence-electron chi connectivity index (χ0n) is 13.5. The van der Waals surface area contributed by atoms with Crippen LogP contribution in [0.4, 0.5) is 0 Å². The molecule has 0 fully saturated rings. The molecule has 0 aliphatic carbocycles. The summed E-state index contributed by atoms with van der Waals surface area (Å²) in [5, 5.41) is 19.8. The number of unbranched alkanes of at least 4 members (excludes halogenated alkanes) is 1. The fourth-order valence-corrected chi connectivity index (χ4v) is 1.77. The highest BCUT2D eigenvalue weighted by Crippen LogP contribution is 2.25. The number of aryl methyl sites for hydroxylation is 1. The second kappa shape index (κ2) is 7.78. The van der Waals surface area contributed by atoms with Gasteiger partial charge in [0.05, 0.1) is 11.2 Å². The quantitative estimate of drug-likeness (QED) is 0.571. The fraction of sp³-hybridized carbons (Fsp3) is 0.529. The van der Waals surface area contributed by atoms with Gasteiger partial charge in [0.2, 0.25) is 0 Å². The number of hydrogen-bond donors (Lipinski definition) is 2. The van der Waals surface area contributed by atoms with Gasteiger partial charge in [0, 0.05) is 0 Å². The second-order valence-electron chi connectivity index (χ2n) is 6.38. The lowest BCUT2D eigenvalue weighted by molar-refractivity contribution is -0.0984. The van der Waals surface area contributed by atoms with Crippen LogP contribution in [-0.2, 0) is 11.1 Å². The summed E-state index contributed by atoms with van der Waals surface area (Å²) in [4.78, 5) is 0. The summed E-state index contributed by atoms with van der Waals surface area (Å²) >= 11 is 0. The van der Waals surface area contributed by atoms with E-state index in [1.165, 1.54) is 5.56 Å². The second-order valence-corrected chi connectivity index (χ2v) is 6.38. The molecule has 4 heteroatoms. The molecule has 0 radical (unpaired) electrons. The number of aliphatic hydroxyl groups is 1. The highest BCUT2D eigenvalue weighted by molar-refractivity contribution is 6.49. The maximum Gasteiger partial charge on any atom is 0.483 e. The van der Waals surface area contributed by atoms with Crippen molar-refractivity contribution < 1.29 is 14.8 Å². The Morgan fingerprint density at radius 1 is 1.14 bits per heavy atom. The highest BCUT2D eigenvalue weighted by atomic mass is 16.5. The zero-order valence-corrected chi connectivity index (χ0v) is 13.5. The van der Waals surface area contributed by atoms with Gasteiger partial charge in [-0.15, -0.1) is 0 Å². The van der Waals surface area contributed by atoms with Crippen molar-refractivity contribution in [2.75, 3.05) is 0 Å². The van der Waals surface area contributed by atoms with Crippen molar-refractivity contribution in [2.45, 2.75) is 58.2 Å². The van der Waals surface area contributed by atoms with Crippen LogP contribution in [0.1, 0.15) is 46.1 Å². The Bertz CT molecular complexity index is 435. The molecule has 3 nitrogen and oxygen atoms in total. The van der Waals surface area contributed by atoms with E-state index in [2.05, 4.69) is 12.1 Å². The molecular formula is C17H27BO3. The third-order valence-electron chi connectivity index (χ3n) is 3.87. The Morgan fingerprint density at radius 2 is 1.76 bits per heavy atom. The van der Waals surface area contributed by atoms with Crippen LogP contribution in [0.25, 0.3) is 0 Å². The molecular weight excluding hydrogens is 263 g/mol. The molecule has 0 unspecified atom stereocenters. The van der Waals surface area contributed by atoms with Crippen molar-refractivity contribution in [2.24, 2.45) is 0 Å². The van der Waals surface area contributed by atoms with Gasteiger partial charge in [0.25, 0.3) is 0 Å². The summed E-state index contributed by atoms with van der Waals surface area (Å²) in [6.07, 6.45) is 4.87. The minimum atomic E-state index is -1.02. The highest BCUT2D eigenvalue weighted by Gasteiger charge is 2.38. The van der Waals surface area contributed by atoms with Crippen LogP contribution >= 0.6 is 0 Å². The number of rotatable bonds is 8. The molecule has 116 valence electrons. The van der Waals surface area contributed by atoms with Gasteiger partial charge in [-0.25, -0.2) is 0 Å². The predicted octanol–water partition coefficient (Wildman–Crippen LogP) is 3.15. The lowest BCUT2D eigenvalue weighted by Crippen LogP contribution is -2.50. The zero-order chi connectivity index (χ0) is 15.9. The third-order valence-corrected chi connectivity index (χ3v) is 3.87. The van der Waals surface area contributed by atoms with Crippen LogP contribution in [0.2, 0.25) is 0 Å². The van der Waals surface area contributed by atoms with Crippen LogP contribution in [0.3, 0.4) is 0 Å². The first-order valence-corrected chi connectivity index (χ1v) is 7.51. The molecule has 0 saturated carbocycles. The van der Waals surface area contributed by atoms with Crippen LogP contribution in [-0.4, -0.2) is 28.5 Å². The molecule has 0 aliphatic rings. The summed E-state index contributed by atoms with van der Waals surface area (Å²) < 4.78 is 5.49. The van der Waals surface area contributed by atoms with E-state index in [9.17, 15) is 10.1 Å². The van der Waals surface area contributed by atoms with E-state index in [1.54, 1.807) is 33.7 Å². The van der Waals surface area contributed by atoms with Gasteiger partial charge < -0.3 is 14.8 Å². The summed E-state index contributed by atoms with van der Waals surface area (Å²) in [6, 6.07) is 10.3. The molecule has 0 aromatic heterocycles. The number of hydrogen-bond acceptors (Lipinski definition) is 3. The van der Waals surface area contributed by atoms with Crippen molar-refractivity contribution in [3.63, 3.8) is 0 Å². The molecule has 0 amide bonds. The Morgan fingerprint density at radius 3 is 2.33 bits per heavy atom. The predicted molar refractivity (Wildman–Crippen MR) is 88.0 cm³/mol. The molecule has 0 aliphatic heterocycles. The van der Waals surface area contributed by atoms with E-state index < -0.39 is 18.3 Å². The first-order chi connectivity index (χ1) is 9.72. The Kier molecular flexibility index (Phi) is 6.65. The first kappa shape index (κ1) is 18.0. The van der Waals surface area contributed by atoms with E-state index >= 15 is 0 Å². The topological polar surface area (TPSA) is 49.7 Å². The largest absolute Gasteiger partial charge is 0.483 e. The van der Waals surface area contributed by atoms with Gasteiger partial charge in [-0.1, -0.05) is 42.4 Å². The van der Waals surface area contributed by atoms with Crippen molar-refractivity contribution >= 4 is 7.12 Å². The maximum atomic E-state index is 9.97. The summed E-state index contributed by atoms with van der Waals surface area (Å²) in [5.41, 5.74) is -0.513. The summed E-state index contributed by atoms with van der Waals surface area (Å²) in [5.74, 6) is 1.64. The molecule has 0 spiro atoms. The smallest absolute Gasteiger partial charge is 0.423 e. The van der Waals surface area contributed by atoms with Crippen LogP contribution in [0, 0.1) is 0 Å². The fourth-order valence-electron chi connectivity index (χ4n) is 1.77. The summed E-state index contributed by atoms with van der Waals surface area (Å²) in [7, 11) is -0.997. The van der Waals surface area contributed by atoms with Crippen molar-refractivity contribution in [3.05, 3.63) is 47.9 Å². The molecule has 0 bridgehead atoms.